The van der Waals surface area contributed by atoms with Crippen LogP contribution in [0.2, 0.25) is 0 Å². The maximum atomic E-state index is 13.2. The highest BCUT2D eigenvalue weighted by atomic mass is 32.2. The van der Waals surface area contributed by atoms with Crippen molar-refractivity contribution in [1.82, 2.24) is 14.8 Å². The Morgan fingerprint density at radius 1 is 1.00 bits per heavy atom. The maximum absolute atomic E-state index is 13.2. The number of nitrogens with two attached hydrogens (primary N) is 1. The number of hydrogen-bond acceptors (Lipinski definition) is 5. The zero-order chi connectivity index (χ0) is 26.6. The van der Waals surface area contributed by atoms with Gasteiger partial charge in [-0.2, -0.15) is 26.3 Å². The van der Waals surface area contributed by atoms with Gasteiger partial charge >= 0.3 is 12.4 Å². The van der Waals surface area contributed by atoms with E-state index in [1.54, 1.807) is 0 Å². The number of primary amides is 1. The molecular weight excluding hydrogens is 514 g/mol. The van der Waals surface area contributed by atoms with Gasteiger partial charge in [0.05, 0.1) is 27.0 Å². The van der Waals surface area contributed by atoms with Crippen LogP contribution in [0.25, 0.3) is 22.6 Å². The van der Waals surface area contributed by atoms with E-state index in [1.807, 2.05) is 0 Å². The lowest BCUT2D eigenvalue weighted by atomic mass is 10.0. The van der Waals surface area contributed by atoms with E-state index < -0.39 is 55.9 Å². The molecule has 1 aliphatic carbocycles. The Morgan fingerprint density at radius 2 is 1.58 bits per heavy atom. The van der Waals surface area contributed by atoms with Crippen LogP contribution in [0.15, 0.2) is 54.2 Å². The normalized spacial score (nSPS) is 14.6. The Bertz CT molecular complexity index is 1460. The molecule has 1 fully saturated rings. The van der Waals surface area contributed by atoms with E-state index in [0.29, 0.717) is 25.0 Å². The number of halogens is 6. The number of aromatic nitrogens is 3. The summed E-state index contributed by atoms with van der Waals surface area (Å²) in [6.07, 6.45) is -8.36. The van der Waals surface area contributed by atoms with Crippen molar-refractivity contribution in [1.29, 1.82) is 0 Å². The van der Waals surface area contributed by atoms with Crippen LogP contribution in [0.1, 0.15) is 29.5 Å². The number of hydrogen-bond donors (Lipinski definition) is 1. The molecule has 14 heteroatoms. The Kier molecular flexibility index (Phi) is 5.98. The molecule has 0 saturated heterocycles. The van der Waals surface area contributed by atoms with Gasteiger partial charge in [-0.05, 0) is 48.7 Å². The van der Waals surface area contributed by atoms with Gasteiger partial charge in [-0.15, -0.1) is 5.10 Å². The first-order valence-corrected chi connectivity index (χ1v) is 11.7. The van der Waals surface area contributed by atoms with E-state index in [9.17, 15) is 39.6 Å². The zero-order valence-corrected chi connectivity index (χ0v) is 18.9. The SMILES string of the molecule is C=C(C(N)=O)c1ccc(S(=O)(=O)C2CC2)c(-n2cnc(-c3cc(C(F)(F)F)cc(C(F)(F)F)c3)n2)c1. The van der Waals surface area contributed by atoms with Crippen LogP contribution < -0.4 is 5.73 Å². The molecule has 0 atom stereocenters. The van der Waals surface area contributed by atoms with Gasteiger partial charge in [0.1, 0.15) is 6.33 Å². The molecule has 0 bridgehead atoms. The average molecular weight is 530 g/mol. The number of carbonyl (C=O) groups is 1. The van der Waals surface area contributed by atoms with Crippen LogP contribution in [0, 0.1) is 0 Å². The second kappa shape index (κ2) is 8.47. The predicted octanol–water partition coefficient (Wildman–Crippen LogP) is 4.41. The fraction of sp³-hybridized carbons (Fsp3) is 0.227. The third-order valence-electron chi connectivity index (χ3n) is 5.46. The quantitative estimate of drug-likeness (QED) is 0.375. The van der Waals surface area contributed by atoms with E-state index in [0.717, 1.165) is 11.0 Å². The van der Waals surface area contributed by atoms with Gasteiger partial charge in [0, 0.05) is 11.1 Å². The average Bonchev–Trinajstić information content (AvgIpc) is 3.54. The van der Waals surface area contributed by atoms with Crippen molar-refractivity contribution >= 4 is 21.3 Å². The highest BCUT2D eigenvalue weighted by Gasteiger charge is 2.39. The molecule has 36 heavy (non-hydrogen) atoms. The van der Waals surface area contributed by atoms with Crippen LogP contribution in [0.3, 0.4) is 0 Å². The van der Waals surface area contributed by atoms with Gasteiger partial charge in [-0.25, -0.2) is 18.1 Å². The summed E-state index contributed by atoms with van der Waals surface area (Å²) in [6.45, 7) is 3.53. The zero-order valence-electron chi connectivity index (χ0n) is 18.1. The number of sulfone groups is 1. The molecular formula is C22H16F6N4O3S. The van der Waals surface area contributed by atoms with E-state index in [4.69, 9.17) is 5.73 Å². The Balaban J connectivity index is 1.88. The van der Waals surface area contributed by atoms with Crippen LogP contribution in [-0.2, 0) is 27.0 Å². The molecule has 3 aromatic rings. The topological polar surface area (TPSA) is 108 Å². The lowest BCUT2D eigenvalue weighted by molar-refractivity contribution is -0.143. The molecule has 1 heterocycles. The fourth-order valence-corrected chi connectivity index (χ4v) is 5.24. The smallest absolute Gasteiger partial charge is 0.366 e. The third-order valence-corrected chi connectivity index (χ3v) is 7.77. The molecule has 2 N–H and O–H groups in total. The molecule has 2 aromatic carbocycles. The van der Waals surface area contributed by atoms with E-state index >= 15 is 0 Å². The highest BCUT2D eigenvalue weighted by Crippen LogP contribution is 2.39. The van der Waals surface area contributed by atoms with Crippen LogP contribution in [-0.4, -0.2) is 34.3 Å². The summed E-state index contributed by atoms with van der Waals surface area (Å²) in [4.78, 5) is 15.2. The first-order chi connectivity index (χ1) is 16.6. The van der Waals surface area contributed by atoms with Crippen molar-refractivity contribution in [2.24, 2.45) is 5.73 Å². The Morgan fingerprint density at radius 3 is 2.08 bits per heavy atom. The minimum Gasteiger partial charge on any atom is -0.366 e. The summed E-state index contributed by atoms with van der Waals surface area (Å²) in [6, 6.07) is 4.64. The second-order valence-corrected chi connectivity index (χ2v) is 10.3. The molecule has 1 aromatic heterocycles. The van der Waals surface area contributed by atoms with Gasteiger partial charge in [0.2, 0.25) is 5.91 Å². The van der Waals surface area contributed by atoms with Crippen molar-refractivity contribution in [2.45, 2.75) is 35.3 Å². The standard InChI is InChI=1S/C22H16F6N4O3S/c1-11(19(29)33)12-2-5-18(36(34,35)16-3-4-16)17(8-12)32-10-30-20(31-32)13-6-14(21(23,24)25)9-15(7-13)22(26,27)28/h2,5-10,16H,1,3-4H2,(H2,29,33). The number of nitrogens with zero attached hydrogens (tertiary/aromatic N) is 3. The van der Waals surface area contributed by atoms with Crippen molar-refractivity contribution in [3.63, 3.8) is 0 Å². The van der Waals surface area contributed by atoms with Gasteiger partial charge < -0.3 is 5.73 Å². The first-order valence-electron chi connectivity index (χ1n) is 10.2. The number of benzene rings is 2. The molecule has 1 amide bonds. The van der Waals surface area contributed by atoms with Gasteiger partial charge in [0.15, 0.2) is 15.7 Å². The van der Waals surface area contributed by atoms with E-state index in [2.05, 4.69) is 16.7 Å². The number of amides is 1. The molecule has 7 nitrogen and oxygen atoms in total. The maximum Gasteiger partial charge on any atom is 0.416 e. The number of alkyl halides is 6. The van der Waals surface area contributed by atoms with Crippen molar-refractivity contribution < 1.29 is 39.6 Å². The molecule has 0 unspecified atom stereocenters. The van der Waals surface area contributed by atoms with Crippen LogP contribution >= 0.6 is 0 Å². The lowest BCUT2D eigenvalue weighted by Crippen LogP contribution is -2.15. The molecule has 0 spiro atoms. The summed E-state index contributed by atoms with van der Waals surface area (Å²) in [5.41, 5.74) is 1.42. The monoisotopic (exact) mass is 530 g/mol. The van der Waals surface area contributed by atoms with Crippen LogP contribution in [0.5, 0.6) is 0 Å². The third kappa shape index (κ3) is 4.85. The minimum atomic E-state index is -5.08. The Labute approximate surface area is 200 Å². The lowest BCUT2D eigenvalue weighted by Gasteiger charge is -2.13. The first kappa shape index (κ1) is 25.4. The number of carbonyl (C=O) groups excluding carboxylic acids is 1. The molecule has 4 rings (SSSR count). The summed E-state index contributed by atoms with van der Waals surface area (Å²) in [7, 11) is -3.85. The molecule has 1 aliphatic rings. The minimum absolute atomic E-state index is 0.0281. The van der Waals surface area contributed by atoms with Gasteiger partial charge in [0.25, 0.3) is 0 Å². The van der Waals surface area contributed by atoms with Crippen molar-refractivity contribution in [3.8, 4) is 17.1 Å². The molecule has 0 radical (unpaired) electrons. The van der Waals surface area contributed by atoms with Gasteiger partial charge in [-0.1, -0.05) is 12.6 Å². The summed E-state index contributed by atoms with van der Waals surface area (Å²) in [5.74, 6) is -1.40. The van der Waals surface area contributed by atoms with Crippen molar-refractivity contribution in [2.75, 3.05) is 0 Å². The van der Waals surface area contributed by atoms with E-state index in [-0.39, 0.29) is 27.8 Å². The summed E-state index contributed by atoms with van der Waals surface area (Å²) >= 11 is 0. The molecule has 1 saturated carbocycles. The molecule has 190 valence electrons. The van der Waals surface area contributed by atoms with E-state index in [1.165, 1.54) is 18.2 Å². The highest BCUT2D eigenvalue weighted by molar-refractivity contribution is 7.92. The number of rotatable bonds is 6. The fourth-order valence-electron chi connectivity index (χ4n) is 3.42. The van der Waals surface area contributed by atoms with Gasteiger partial charge in [-0.3, -0.25) is 4.79 Å². The predicted molar refractivity (Wildman–Crippen MR) is 115 cm³/mol. The molecule has 0 aliphatic heterocycles. The Hall–Kier alpha value is -3.68. The summed E-state index contributed by atoms with van der Waals surface area (Å²) in [5, 5.41) is 3.31. The second-order valence-electron chi connectivity index (χ2n) is 8.08. The summed E-state index contributed by atoms with van der Waals surface area (Å²) < 4.78 is 106. The van der Waals surface area contributed by atoms with Crippen LogP contribution in [0.4, 0.5) is 26.3 Å². The van der Waals surface area contributed by atoms with Crippen molar-refractivity contribution in [3.05, 3.63) is 66.0 Å². The largest absolute Gasteiger partial charge is 0.416 e.